The van der Waals surface area contributed by atoms with Gasteiger partial charge in [-0.25, -0.2) is 4.79 Å². The number of hydrogen-bond acceptors (Lipinski definition) is 10. The van der Waals surface area contributed by atoms with Crippen molar-refractivity contribution in [3.63, 3.8) is 0 Å². The summed E-state index contributed by atoms with van der Waals surface area (Å²) in [5.74, 6) is -4.71. The first kappa shape index (κ1) is 22.2. The molecule has 2 bridgehead atoms. The zero-order valence-corrected chi connectivity index (χ0v) is 18.3. The van der Waals surface area contributed by atoms with Crippen LogP contribution in [0, 0.1) is 5.92 Å². The minimum Gasteiger partial charge on any atom is -0.504 e. The molecule has 6 rings (SSSR count). The number of ether oxygens (including phenoxy) is 2. The van der Waals surface area contributed by atoms with Gasteiger partial charge >= 0.3 is 5.97 Å². The second-order valence-corrected chi connectivity index (χ2v) is 10.1. The van der Waals surface area contributed by atoms with Crippen LogP contribution in [-0.4, -0.2) is 109 Å². The summed E-state index contributed by atoms with van der Waals surface area (Å²) in [7, 11) is 1.91. The zero-order valence-electron chi connectivity index (χ0n) is 18.3. The van der Waals surface area contributed by atoms with Crippen LogP contribution in [0.4, 0.5) is 0 Å². The van der Waals surface area contributed by atoms with E-state index in [1.807, 2.05) is 13.1 Å². The number of piperidine rings is 1. The number of carbonyl (C=O) groups is 1. The fourth-order valence-electron chi connectivity index (χ4n) is 7.11. The minimum absolute atomic E-state index is 0.0305. The van der Waals surface area contributed by atoms with Crippen molar-refractivity contribution in [1.29, 1.82) is 0 Å². The van der Waals surface area contributed by atoms with Crippen molar-refractivity contribution >= 4 is 5.97 Å². The maximum absolute atomic E-state index is 11.7. The average Bonchev–Trinajstić information content (AvgIpc) is 3.15. The molecular formula is C23H27NO10. The number of likely N-dealkylation sites (tertiary alicyclic amines) is 1. The number of hydrogen-bond donors (Lipinski definition) is 7. The van der Waals surface area contributed by atoms with Gasteiger partial charge in [0.2, 0.25) is 5.79 Å². The van der Waals surface area contributed by atoms with Crippen LogP contribution in [0.25, 0.3) is 0 Å². The maximum atomic E-state index is 11.7. The van der Waals surface area contributed by atoms with Gasteiger partial charge in [-0.05, 0) is 49.7 Å². The highest BCUT2D eigenvalue weighted by Gasteiger charge is 2.70. The van der Waals surface area contributed by atoms with Crippen molar-refractivity contribution in [3.8, 4) is 11.5 Å². The molecule has 3 aliphatic heterocycles. The second-order valence-electron chi connectivity index (χ2n) is 10.1. The van der Waals surface area contributed by atoms with Crippen LogP contribution in [0.2, 0.25) is 0 Å². The predicted octanol–water partition coefficient (Wildman–Crippen LogP) is -2.18. The Kier molecular flexibility index (Phi) is 4.52. The maximum Gasteiger partial charge on any atom is 0.335 e. The Bertz CT molecular complexity index is 1110. The highest BCUT2D eigenvalue weighted by Crippen LogP contribution is 2.65. The standard InChI is InChI=1S/C23H27NO10/c1-24-5-4-22-13-8-2-3-11(25)17(13)33-20(22)12(26)7-9(14(22)10(24)6-8)23(32)19(29)16(28)15(27)18(34-23)21(30)31/h2-3,7,10,12,14-16,18-20,25-29,32H,4-6H2,1H3,(H,30,31)/t10-,12+,14+,15+,16+,18+,19-,20+,22-,23?/m1/s1. The molecule has 1 aromatic carbocycles. The molecule has 1 spiro atoms. The predicted molar refractivity (Wildman–Crippen MR) is 112 cm³/mol. The Morgan fingerprint density at radius 3 is 2.62 bits per heavy atom. The lowest BCUT2D eigenvalue weighted by Gasteiger charge is -2.60. The van der Waals surface area contributed by atoms with Gasteiger partial charge in [0.25, 0.3) is 0 Å². The van der Waals surface area contributed by atoms with Crippen molar-refractivity contribution in [2.75, 3.05) is 13.6 Å². The number of likely N-dealkylation sites (N-methyl/N-ethyl adjacent to an activating group) is 1. The number of carboxylic acids is 1. The van der Waals surface area contributed by atoms with Crippen molar-refractivity contribution in [3.05, 3.63) is 34.9 Å². The first-order chi connectivity index (χ1) is 16.0. The number of benzene rings is 1. The zero-order chi connectivity index (χ0) is 24.3. The number of aliphatic hydroxyl groups is 5. The van der Waals surface area contributed by atoms with Crippen molar-refractivity contribution in [1.82, 2.24) is 4.90 Å². The van der Waals surface area contributed by atoms with Crippen molar-refractivity contribution in [2.24, 2.45) is 5.92 Å². The molecular weight excluding hydrogens is 450 g/mol. The molecule has 0 aromatic heterocycles. The smallest absolute Gasteiger partial charge is 0.335 e. The first-order valence-corrected chi connectivity index (χ1v) is 11.3. The molecule has 11 heteroatoms. The summed E-state index contributed by atoms with van der Waals surface area (Å²) < 4.78 is 11.6. The van der Waals surface area contributed by atoms with E-state index in [-0.39, 0.29) is 23.1 Å². The summed E-state index contributed by atoms with van der Waals surface area (Å²) >= 11 is 0. The second kappa shape index (κ2) is 6.91. The Morgan fingerprint density at radius 1 is 1.18 bits per heavy atom. The van der Waals surface area contributed by atoms with Gasteiger partial charge in [-0.2, -0.15) is 0 Å². The van der Waals surface area contributed by atoms with Crippen LogP contribution in [0.3, 0.4) is 0 Å². The summed E-state index contributed by atoms with van der Waals surface area (Å²) in [6.45, 7) is 0.635. The van der Waals surface area contributed by atoms with Gasteiger partial charge in [0.05, 0.1) is 0 Å². The summed E-state index contributed by atoms with van der Waals surface area (Å²) in [5.41, 5.74) is 0.817. The average molecular weight is 477 g/mol. The molecule has 34 heavy (non-hydrogen) atoms. The molecule has 0 saturated carbocycles. The molecule has 0 radical (unpaired) electrons. The largest absolute Gasteiger partial charge is 0.504 e. The van der Waals surface area contributed by atoms with Gasteiger partial charge in [0.15, 0.2) is 17.6 Å². The molecule has 184 valence electrons. The lowest BCUT2D eigenvalue weighted by molar-refractivity contribution is -0.329. The summed E-state index contributed by atoms with van der Waals surface area (Å²) in [6.07, 6.45) is -7.86. The third kappa shape index (κ3) is 2.47. The fraction of sp³-hybridized carbons (Fsp3) is 0.609. The van der Waals surface area contributed by atoms with E-state index in [2.05, 4.69) is 4.90 Å². The molecule has 1 aromatic rings. The third-order valence-electron chi connectivity index (χ3n) is 8.60. The Labute approximate surface area is 194 Å². The number of nitrogens with zero attached hydrogens (tertiary/aromatic N) is 1. The van der Waals surface area contributed by atoms with Gasteiger partial charge in [-0.3, -0.25) is 0 Å². The van der Waals surface area contributed by atoms with Gasteiger partial charge in [0, 0.05) is 22.9 Å². The summed E-state index contributed by atoms with van der Waals surface area (Å²) in [5, 5.41) is 74.4. The van der Waals surface area contributed by atoms with E-state index in [9.17, 15) is 40.5 Å². The van der Waals surface area contributed by atoms with Crippen LogP contribution >= 0.6 is 0 Å². The Hall–Kier alpha value is -2.25. The SMILES string of the molecule is CN1CC[C@]23c4c5ccc(O)c4O[C@H]2[C@@H](O)C=C(C2(O)O[C@H](C(=O)O)[C@@H](O)[C@H](O)[C@H]2O)[C@H]3[C@H]1C5. The molecule has 2 aliphatic carbocycles. The lowest BCUT2D eigenvalue weighted by atomic mass is 9.50. The van der Waals surface area contributed by atoms with Crippen molar-refractivity contribution in [2.45, 2.75) is 66.7 Å². The Morgan fingerprint density at radius 2 is 1.91 bits per heavy atom. The highest BCUT2D eigenvalue weighted by atomic mass is 16.7. The fourth-order valence-corrected chi connectivity index (χ4v) is 7.11. The van der Waals surface area contributed by atoms with E-state index >= 15 is 0 Å². The van der Waals surface area contributed by atoms with E-state index in [1.54, 1.807) is 6.07 Å². The molecule has 10 atom stereocenters. The summed E-state index contributed by atoms with van der Waals surface area (Å²) in [6, 6.07) is 3.12. The molecule has 7 N–H and O–H groups in total. The lowest BCUT2D eigenvalue weighted by Crippen LogP contribution is -2.72. The number of aromatic hydroxyl groups is 1. The van der Waals surface area contributed by atoms with E-state index in [0.717, 1.165) is 11.1 Å². The van der Waals surface area contributed by atoms with Gasteiger partial charge in [-0.1, -0.05) is 6.07 Å². The van der Waals surface area contributed by atoms with E-state index in [4.69, 9.17) is 9.47 Å². The van der Waals surface area contributed by atoms with Crippen LogP contribution in [0.1, 0.15) is 17.5 Å². The topological polar surface area (TPSA) is 180 Å². The summed E-state index contributed by atoms with van der Waals surface area (Å²) in [4.78, 5) is 13.8. The quantitative estimate of drug-likeness (QED) is 0.230. The highest BCUT2D eigenvalue weighted by molar-refractivity contribution is 5.73. The van der Waals surface area contributed by atoms with E-state index in [1.165, 1.54) is 6.08 Å². The van der Waals surface area contributed by atoms with Gasteiger partial charge in [0.1, 0.15) is 30.5 Å². The molecule has 0 amide bonds. The minimum atomic E-state index is -2.70. The molecule has 1 unspecified atom stereocenters. The molecule has 11 nitrogen and oxygen atoms in total. The number of aliphatic carboxylic acids is 1. The first-order valence-electron chi connectivity index (χ1n) is 11.3. The Balaban J connectivity index is 1.57. The number of aliphatic hydroxyl groups excluding tert-OH is 4. The van der Waals surface area contributed by atoms with Crippen LogP contribution in [0.5, 0.6) is 11.5 Å². The van der Waals surface area contributed by atoms with Crippen LogP contribution in [0.15, 0.2) is 23.8 Å². The number of carboxylic acid groups (broad SMARTS) is 1. The molecule has 3 heterocycles. The van der Waals surface area contributed by atoms with Crippen LogP contribution in [-0.2, 0) is 21.4 Å². The van der Waals surface area contributed by atoms with Gasteiger partial charge < -0.3 is 50.1 Å². The number of phenols is 1. The molecule has 2 saturated heterocycles. The monoisotopic (exact) mass is 477 g/mol. The molecule has 2 fully saturated rings. The third-order valence-corrected chi connectivity index (χ3v) is 8.60. The van der Waals surface area contributed by atoms with Crippen molar-refractivity contribution < 1.29 is 50.0 Å². The molecule has 5 aliphatic rings. The van der Waals surface area contributed by atoms with E-state index < -0.39 is 59.7 Å². The van der Waals surface area contributed by atoms with Crippen LogP contribution < -0.4 is 4.74 Å². The number of rotatable bonds is 2. The van der Waals surface area contributed by atoms with E-state index in [0.29, 0.717) is 19.4 Å². The van der Waals surface area contributed by atoms with Gasteiger partial charge in [-0.15, -0.1) is 0 Å². The normalized spacial score (nSPS) is 46.9. The number of phenolic OH excluding ortho intramolecular Hbond substituents is 1.